The summed E-state index contributed by atoms with van der Waals surface area (Å²) < 4.78 is 0. The molecule has 1 aliphatic rings. The molecule has 0 spiro atoms. The van der Waals surface area contributed by atoms with E-state index in [-0.39, 0.29) is 0 Å². The van der Waals surface area contributed by atoms with Gasteiger partial charge in [0.2, 0.25) is 5.91 Å². The standard InChI is InChI=1S/C19H31N3O/c1-20(2)12-7-13-21-14-16-22(17-15-21)19(23)11-6-10-18-8-4-3-5-9-18/h3-5,8-9H,6-7,10-17H2,1-2H3. The number of rotatable bonds is 8. The second-order valence-corrected chi connectivity index (χ2v) is 6.72. The Morgan fingerprint density at radius 3 is 2.39 bits per heavy atom. The topological polar surface area (TPSA) is 26.8 Å². The van der Waals surface area contributed by atoms with Gasteiger partial charge in [0.25, 0.3) is 0 Å². The molecule has 0 aromatic heterocycles. The zero-order valence-corrected chi connectivity index (χ0v) is 14.7. The van der Waals surface area contributed by atoms with Crippen LogP contribution in [0.15, 0.2) is 30.3 Å². The molecule has 0 aliphatic carbocycles. The van der Waals surface area contributed by atoms with E-state index in [1.165, 1.54) is 12.0 Å². The van der Waals surface area contributed by atoms with Crippen molar-refractivity contribution in [2.45, 2.75) is 25.7 Å². The molecule has 1 saturated heterocycles. The zero-order chi connectivity index (χ0) is 16.5. The molecule has 1 heterocycles. The van der Waals surface area contributed by atoms with Gasteiger partial charge in [0, 0.05) is 32.6 Å². The van der Waals surface area contributed by atoms with Crippen LogP contribution in [0.3, 0.4) is 0 Å². The van der Waals surface area contributed by atoms with E-state index in [1.54, 1.807) is 0 Å². The van der Waals surface area contributed by atoms with Crippen LogP contribution in [0.1, 0.15) is 24.8 Å². The van der Waals surface area contributed by atoms with Gasteiger partial charge in [-0.15, -0.1) is 0 Å². The maximum absolute atomic E-state index is 12.3. The van der Waals surface area contributed by atoms with Gasteiger partial charge < -0.3 is 9.80 Å². The van der Waals surface area contributed by atoms with E-state index in [1.807, 2.05) is 11.0 Å². The first-order valence-corrected chi connectivity index (χ1v) is 8.84. The van der Waals surface area contributed by atoms with E-state index in [9.17, 15) is 4.79 Å². The Bertz CT molecular complexity index is 453. The van der Waals surface area contributed by atoms with E-state index in [0.29, 0.717) is 12.3 Å². The molecule has 4 heteroatoms. The third kappa shape index (κ3) is 6.71. The van der Waals surface area contributed by atoms with Gasteiger partial charge in [0.1, 0.15) is 0 Å². The average molecular weight is 317 g/mol. The molecule has 1 fully saturated rings. The molecule has 23 heavy (non-hydrogen) atoms. The van der Waals surface area contributed by atoms with Crippen molar-refractivity contribution in [1.82, 2.24) is 14.7 Å². The second kappa shape index (κ2) is 9.68. The fraction of sp³-hybridized carbons (Fsp3) is 0.632. The Morgan fingerprint density at radius 1 is 1.04 bits per heavy atom. The average Bonchev–Trinajstić information content (AvgIpc) is 2.56. The third-order valence-electron chi connectivity index (χ3n) is 4.50. The van der Waals surface area contributed by atoms with Gasteiger partial charge in [-0.2, -0.15) is 0 Å². The van der Waals surface area contributed by atoms with Crippen molar-refractivity contribution >= 4 is 5.91 Å². The van der Waals surface area contributed by atoms with Crippen molar-refractivity contribution in [2.75, 3.05) is 53.4 Å². The van der Waals surface area contributed by atoms with Gasteiger partial charge in [-0.1, -0.05) is 30.3 Å². The summed E-state index contributed by atoms with van der Waals surface area (Å²) in [6.45, 7) is 6.13. The predicted molar refractivity (Wildman–Crippen MR) is 95.6 cm³/mol. The summed E-state index contributed by atoms with van der Waals surface area (Å²) in [4.78, 5) is 19.1. The van der Waals surface area contributed by atoms with Gasteiger partial charge in [0.05, 0.1) is 0 Å². The van der Waals surface area contributed by atoms with Crippen LogP contribution in [-0.4, -0.2) is 74.0 Å². The zero-order valence-electron chi connectivity index (χ0n) is 14.7. The van der Waals surface area contributed by atoms with Crippen LogP contribution in [0, 0.1) is 0 Å². The van der Waals surface area contributed by atoms with E-state index < -0.39 is 0 Å². The number of carbonyl (C=O) groups is 1. The lowest BCUT2D eigenvalue weighted by atomic mass is 10.1. The minimum Gasteiger partial charge on any atom is -0.340 e. The number of hydrogen-bond acceptors (Lipinski definition) is 3. The molecular weight excluding hydrogens is 286 g/mol. The fourth-order valence-electron chi connectivity index (χ4n) is 3.08. The van der Waals surface area contributed by atoms with Crippen LogP contribution >= 0.6 is 0 Å². The van der Waals surface area contributed by atoms with Crippen molar-refractivity contribution in [2.24, 2.45) is 0 Å². The first-order valence-electron chi connectivity index (χ1n) is 8.84. The highest BCUT2D eigenvalue weighted by Crippen LogP contribution is 2.09. The molecule has 0 atom stereocenters. The summed E-state index contributed by atoms with van der Waals surface area (Å²) in [5, 5.41) is 0. The minimum atomic E-state index is 0.328. The quantitative estimate of drug-likeness (QED) is 0.735. The monoisotopic (exact) mass is 317 g/mol. The number of aryl methyl sites for hydroxylation is 1. The van der Waals surface area contributed by atoms with Crippen LogP contribution in [0.5, 0.6) is 0 Å². The molecule has 0 bridgehead atoms. The third-order valence-corrected chi connectivity index (χ3v) is 4.50. The first-order chi connectivity index (χ1) is 11.1. The number of amides is 1. The SMILES string of the molecule is CN(C)CCCN1CCN(C(=O)CCCc2ccccc2)CC1. The van der Waals surface area contributed by atoms with Crippen molar-refractivity contribution in [3.05, 3.63) is 35.9 Å². The van der Waals surface area contributed by atoms with Crippen molar-refractivity contribution in [1.29, 1.82) is 0 Å². The Labute approximate surface area is 141 Å². The van der Waals surface area contributed by atoms with E-state index >= 15 is 0 Å². The highest BCUT2D eigenvalue weighted by atomic mass is 16.2. The molecule has 0 N–H and O–H groups in total. The molecule has 0 unspecified atom stereocenters. The lowest BCUT2D eigenvalue weighted by Gasteiger charge is -2.35. The van der Waals surface area contributed by atoms with Gasteiger partial charge in [0.15, 0.2) is 0 Å². The Balaban J connectivity index is 1.60. The fourth-order valence-corrected chi connectivity index (χ4v) is 3.08. The first kappa shape index (κ1) is 18.0. The summed E-state index contributed by atoms with van der Waals surface area (Å²) in [7, 11) is 4.23. The van der Waals surface area contributed by atoms with Crippen LogP contribution in [0.4, 0.5) is 0 Å². The maximum atomic E-state index is 12.3. The summed E-state index contributed by atoms with van der Waals surface area (Å²) in [6.07, 6.45) is 3.83. The van der Waals surface area contributed by atoms with Crippen molar-refractivity contribution < 1.29 is 4.79 Å². The predicted octanol–water partition coefficient (Wildman–Crippen LogP) is 2.11. The second-order valence-electron chi connectivity index (χ2n) is 6.72. The Hall–Kier alpha value is -1.39. The van der Waals surface area contributed by atoms with E-state index in [2.05, 4.69) is 48.2 Å². The minimum absolute atomic E-state index is 0.328. The number of piperazine rings is 1. The van der Waals surface area contributed by atoms with E-state index in [0.717, 1.165) is 52.1 Å². The molecule has 1 aromatic rings. The summed E-state index contributed by atoms with van der Waals surface area (Å²) in [6, 6.07) is 10.4. The number of nitrogens with zero attached hydrogens (tertiary/aromatic N) is 3. The van der Waals surface area contributed by atoms with Gasteiger partial charge >= 0.3 is 0 Å². The maximum Gasteiger partial charge on any atom is 0.222 e. The van der Waals surface area contributed by atoms with Crippen LogP contribution < -0.4 is 0 Å². The summed E-state index contributed by atoms with van der Waals surface area (Å²) in [5.41, 5.74) is 1.33. The van der Waals surface area contributed by atoms with E-state index in [4.69, 9.17) is 0 Å². The van der Waals surface area contributed by atoms with Gasteiger partial charge in [-0.3, -0.25) is 9.69 Å². The Kier molecular flexibility index (Phi) is 7.56. The molecule has 2 rings (SSSR count). The summed E-state index contributed by atoms with van der Waals surface area (Å²) >= 11 is 0. The Morgan fingerprint density at radius 2 is 1.74 bits per heavy atom. The van der Waals surface area contributed by atoms with Crippen molar-refractivity contribution in [3.63, 3.8) is 0 Å². The lowest BCUT2D eigenvalue weighted by molar-refractivity contribution is -0.133. The largest absolute Gasteiger partial charge is 0.340 e. The van der Waals surface area contributed by atoms with Crippen LogP contribution in [0.2, 0.25) is 0 Å². The molecule has 1 aromatic carbocycles. The molecule has 1 aliphatic heterocycles. The molecular formula is C19H31N3O. The molecule has 128 valence electrons. The smallest absolute Gasteiger partial charge is 0.222 e. The molecule has 0 saturated carbocycles. The highest BCUT2D eigenvalue weighted by Gasteiger charge is 2.20. The van der Waals surface area contributed by atoms with Crippen molar-refractivity contribution in [3.8, 4) is 0 Å². The molecule has 0 radical (unpaired) electrons. The number of hydrogen-bond donors (Lipinski definition) is 0. The number of carbonyl (C=O) groups excluding carboxylic acids is 1. The van der Waals surface area contributed by atoms with Gasteiger partial charge in [-0.05, 0) is 52.0 Å². The number of benzene rings is 1. The van der Waals surface area contributed by atoms with Gasteiger partial charge in [-0.25, -0.2) is 0 Å². The van der Waals surface area contributed by atoms with Crippen LogP contribution in [-0.2, 0) is 11.2 Å². The molecule has 1 amide bonds. The molecule has 4 nitrogen and oxygen atoms in total. The highest BCUT2D eigenvalue weighted by molar-refractivity contribution is 5.76. The lowest BCUT2D eigenvalue weighted by Crippen LogP contribution is -2.49. The normalized spacial score (nSPS) is 16.0. The summed E-state index contributed by atoms with van der Waals surface area (Å²) in [5.74, 6) is 0.328. The van der Waals surface area contributed by atoms with Crippen LogP contribution in [0.25, 0.3) is 0 Å².